The second-order valence-corrected chi connectivity index (χ2v) is 9.29. The topological polar surface area (TPSA) is 78.7 Å². The van der Waals surface area contributed by atoms with Crippen molar-refractivity contribution in [1.29, 1.82) is 5.26 Å². The summed E-state index contributed by atoms with van der Waals surface area (Å²) in [5, 5.41) is 9.03. The van der Waals surface area contributed by atoms with Gasteiger partial charge in [0.1, 0.15) is 30.1 Å². The minimum absolute atomic E-state index is 0.0611. The van der Waals surface area contributed by atoms with Crippen molar-refractivity contribution in [2.45, 2.75) is 43.9 Å². The molecule has 8 heteroatoms. The molecule has 2 bridgehead atoms. The first-order valence-electron chi connectivity index (χ1n) is 11.3. The van der Waals surface area contributed by atoms with Gasteiger partial charge in [-0.2, -0.15) is 5.26 Å². The van der Waals surface area contributed by atoms with Gasteiger partial charge in [0, 0.05) is 37.0 Å². The molecule has 3 fully saturated rings. The van der Waals surface area contributed by atoms with Crippen LogP contribution in [0.25, 0.3) is 0 Å². The molecule has 2 aromatic rings. The van der Waals surface area contributed by atoms with Crippen LogP contribution >= 0.6 is 0 Å². The third-order valence-corrected chi connectivity index (χ3v) is 7.23. The summed E-state index contributed by atoms with van der Waals surface area (Å²) in [7, 11) is 1.50. The maximum Gasteiger partial charge on any atom is 0.248 e. The number of halogens is 1. The van der Waals surface area contributed by atoms with Gasteiger partial charge >= 0.3 is 0 Å². The zero-order chi connectivity index (χ0) is 23.2. The summed E-state index contributed by atoms with van der Waals surface area (Å²) in [6.07, 6.45) is 3.98. The van der Waals surface area contributed by atoms with E-state index in [9.17, 15) is 9.18 Å². The summed E-state index contributed by atoms with van der Waals surface area (Å²) in [5.74, 6) is 1.31. The molecule has 2 aliphatic heterocycles. The van der Waals surface area contributed by atoms with Crippen LogP contribution in [0.15, 0.2) is 36.5 Å². The molecule has 3 heterocycles. The molecular weight excluding hydrogens is 423 g/mol. The summed E-state index contributed by atoms with van der Waals surface area (Å²) < 4.78 is 25.7. The van der Waals surface area contributed by atoms with E-state index in [0.29, 0.717) is 48.7 Å². The number of pyridine rings is 1. The number of amides is 1. The first-order chi connectivity index (χ1) is 15.9. The second-order valence-electron chi connectivity index (χ2n) is 9.29. The number of rotatable bonds is 6. The van der Waals surface area contributed by atoms with Gasteiger partial charge in [-0.05, 0) is 49.4 Å². The van der Waals surface area contributed by atoms with Gasteiger partial charge in [0.15, 0.2) is 0 Å². The fourth-order valence-electron chi connectivity index (χ4n) is 5.28. The molecule has 7 nitrogen and oxygen atoms in total. The van der Waals surface area contributed by atoms with Crippen molar-refractivity contribution in [2.24, 2.45) is 5.92 Å². The van der Waals surface area contributed by atoms with Gasteiger partial charge in [-0.3, -0.25) is 4.79 Å². The van der Waals surface area contributed by atoms with Gasteiger partial charge in [0.25, 0.3) is 0 Å². The zero-order valence-corrected chi connectivity index (χ0v) is 18.8. The summed E-state index contributed by atoms with van der Waals surface area (Å²) >= 11 is 0. The molecule has 2 saturated heterocycles. The summed E-state index contributed by atoms with van der Waals surface area (Å²) in [4.78, 5) is 21.7. The molecule has 5 rings (SSSR count). The van der Waals surface area contributed by atoms with Crippen LogP contribution in [0.2, 0.25) is 0 Å². The summed E-state index contributed by atoms with van der Waals surface area (Å²) in [6.45, 7) is 3.35. The van der Waals surface area contributed by atoms with E-state index >= 15 is 0 Å². The lowest BCUT2D eigenvalue weighted by Gasteiger charge is -2.42. The fourth-order valence-corrected chi connectivity index (χ4v) is 5.28. The number of ether oxygens (including phenoxy) is 2. The number of piperazine rings is 1. The molecule has 1 amide bonds. The highest BCUT2D eigenvalue weighted by atomic mass is 19.1. The average molecular weight is 451 g/mol. The number of aromatic nitrogens is 1. The third-order valence-electron chi connectivity index (χ3n) is 7.23. The predicted octanol–water partition coefficient (Wildman–Crippen LogP) is 3.23. The van der Waals surface area contributed by atoms with Crippen LogP contribution < -0.4 is 9.64 Å². The Morgan fingerprint density at radius 3 is 2.73 bits per heavy atom. The van der Waals surface area contributed by atoms with E-state index in [1.54, 1.807) is 24.4 Å². The molecule has 1 aromatic heterocycles. The first kappa shape index (κ1) is 21.7. The summed E-state index contributed by atoms with van der Waals surface area (Å²) in [6, 6.07) is 10.9. The number of nitriles is 1. The minimum atomic E-state index is -0.716. The van der Waals surface area contributed by atoms with E-state index in [1.165, 1.54) is 13.2 Å². The molecule has 2 unspecified atom stereocenters. The maximum atomic E-state index is 14.6. The van der Waals surface area contributed by atoms with Gasteiger partial charge in [-0.1, -0.05) is 6.92 Å². The number of likely N-dealkylation sites (tertiary alicyclic amines) is 1. The highest BCUT2D eigenvalue weighted by molar-refractivity contribution is 5.78. The molecule has 1 aromatic carbocycles. The van der Waals surface area contributed by atoms with E-state index in [1.807, 2.05) is 11.0 Å². The van der Waals surface area contributed by atoms with E-state index in [0.717, 1.165) is 12.2 Å². The number of hydrogen-bond acceptors (Lipinski definition) is 6. The lowest BCUT2D eigenvalue weighted by atomic mass is 10.0. The van der Waals surface area contributed by atoms with Gasteiger partial charge in [0.2, 0.25) is 5.91 Å². The molecule has 3 aliphatic rings. The van der Waals surface area contributed by atoms with Gasteiger partial charge < -0.3 is 19.3 Å². The fraction of sp³-hybridized carbons (Fsp3) is 0.480. The SMILES string of the molecule is COc1ccc(C2(OCC(=O)N3CC4C[C@H](C)C(C3)N4c3ccc(C#N)cn3)CC2)c(F)c1. The van der Waals surface area contributed by atoms with E-state index < -0.39 is 5.60 Å². The normalized spacial score (nSPS) is 25.0. The van der Waals surface area contributed by atoms with Crippen molar-refractivity contribution < 1.29 is 18.7 Å². The monoisotopic (exact) mass is 450 g/mol. The molecule has 1 aliphatic carbocycles. The number of fused-ring (bicyclic) bond motifs is 2. The van der Waals surface area contributed by atoms with Crippen LogP contribution in [0.5, 0.6) is 5.75 Å². The number of anilines is 1. The van der Waals surface area contributed by atoms with Crippen LogP contribution in [-0.2, 0) is 15.1 Å². The van der Waals surface area contributed by atoms with Crippen molar-refractivity contribution in [3.05, 3.63) is 53.5 Å². The third kappa shape index (κ3) is 3.91. The number of benzene rings is 1. The minimum Gasteiger partial charge on any atom is -0.497 e. The van der Waals surface area contributed by atoms with E-state index in [4.69, 9.17) is 14.7 Å². The molecular formula is C25H27FN4O3. The largest absolute Gasteiger partial charge is 0.497 e. The first-order valence-corrected chi connectivity index (χ1v) is 11.3. The molecule has 0 radical (unpaired) electrons. The van der Waals surface area contributed by atoms with Crippen molar-refractivity contribution in [3.63, 3.8) is 0 Å². The number of carbonyl (C=O) groups is 1. The Morgan fingerprint density at radius 2 is 2.12 bits per heavy atom. The van der Waals surface area contributed by atoms with Crippen molar-refractivity contribution in [2.75, 3.05) is 31.7 Å². The van der Waals surface area contributed by atoms with Crippen molar-refractivity contribution in [1.82, 2.24) is 9.88 Å². The molecule has 0 spiro atoms. The molecule has 0 N–H and O–H groups in total. The Kier molecular flexibility index (Phi) is 5.45. The predicted molar refractivity (Wildman–Crippen MR) is 119 cm³/mol. The van der Waals surface area contributed by atoms with Gasteiger partial charge in [-0.15, -0.1) is 0 Å². The average Bonchev–Trinajstić information content (AvgIpc) is 3.59. The maximum absolute atomic E-state index is 14.6. The highest BCUT2D eigenvalue weighted by Crippen LogP contribution is 2.50. The second kappa shape index (κ2) is 8.31. The molecule has 3 atom stereocenters. The van der Waals surface area contributed by atoms with Crippen LogP contribution in [0.4, 0.5) is 10.2 Å². The zero-order valence-electron chi connectivity index (χ0n) is 18.8. The lowest BCUT2D eigenvalue weighted by Crippen LogP contribution is -2.57. The quantitative estimate of drug-likeness (QED) is 0.673. The molecule has 1 saturated carbocycles. The number of nitrogens with zero attached hydrogens (tertiary/aromatic N) is 4. The van der Waals surface area contributed by atoms with Crippen molar-refractivity contribution in [3.8, 4) is 11.8 Å². The van der Waals surface area contributed by atoms with Gasteiger partial charge in [0.05, 0.1) is 24.3 Å². The number of methoxy groups -OCH3 is 1. The van der Waals surface area contributed by atoms with Crippen LogP contribution in [-0.4, -0.2) is 54.7 Å². The molecule has 33 heavy (non-hydrogen) atoms. The van der Waals surface area contributed by atoms with Gasteiger partial charge in [-0.25, -0.2) is 9.37 Å². The Labute approximate surface area is 192 Å². The van der Waals surface area contributed by atoms with E-state index in [-0.39, 0.29) is 30.4 Å². The van der Waals surface area contributed by atoms with E-state index in [2.05, 4.69) is 22.9 Å². The van der Waals surface area contributed by atoms with Crippen LogP contribution in [0.1, 0.15) is 37.3 Å². The van der Waals surface area contributed by atoms with Crippen LogP contribution in [0.3, 0.4) is 0 Å². The number of hydrogen-bond donors (Lipinski definition) is 0. The Balaban J connectivity index is 1.24. The Bertz CT molecular complexity index is 1100. The number of carbonyl (C=O) groups excluding carboxylic acids is 1. The lowest BCUT2D eigenvalue weighted by molar-refractivity contribution is -0.140. The van der Waals surface area contributed by atoms with Crippen LogP contribution in [0, 0.1) is 23.1 Å². The smallest absolute Gasteiger partial charge is 0.248 e. The standard InChI is InChI=1S/C25H27FN4O3/c1-16-9-18-13-29(14-22(16)30(18)23-6-3-17(11-27)12-28-23)24(31)15-33-25(7-8-25)20-5-4-19(32-2)10-21(20)26/h3-6,10,12,16,18,22H,7-9,13-15H2,1-2H3/t16-,18?,22?/m0/s1. The van der Waals surface area contributed by atoms with Crippen molar-refractivity contribution >= 4 is 11.7 Å². The Hall–Kier alpha value is -3.18. The summed E-state index contributed by atoms with van der Waals surface area (Å²) in [5.41, 5.74) is 0.306. The highest BCUT2D eigenvalue weighted by Gasteiger charge is 2.49. The molecule has 172 valence electrons. The Morgan fingerprint density at radius 1 is 1.30 bits per heavy atom.